The summed E-state index contributed by atoms with van der Waals surface area (Å²) in [5.74, 6) is -6.90. The normalized spacial score (nSPS) is 32.9. The summed E-state index contributed by atoms with van der Waals surface area (Å²) in [7, 11) is 0. The van der Waals surface area contributed by atoms with Crippen molar-refractivity contribution < 1.29 is 28.2 Å². The number of carbonyl (C=O) groups excluding carboxylic acids is 1. The molecule has 7 heteroatoms. The van der Waals surface area contributed by atoms with Crippen molar-refractivity contribution >= 4 is 12.1 Å². The molecule has 5 nitrogen and oxygen atoms in total. The molecule has 1 amide bonds. The first-order valence-corrected chi connectivity index (χ1v) is 5.66. The zero-order valence-corrected chi connectivity index (χ0v) is 10.3. The molecule has 0 bridgehead atoms. The Hall–Kier alpha value is -1.40. The lowest BCUT2D eigenvalue weighted by atomic mass is 10.1. The maximum atomic E-state index is 13.4. The maximum Gasteiger partial charge on any atom is 0.410 e. The molecule has 0 aromatic carbocycles. The molecule has 1 saturated carbocycles. The van der Waals surface area contributed by atoms with E-state index in [1.165, 1.54) is 0 Å². The largest absolute Gasteiger partial charge is 0.481 e. The minimum Gasteiger partial charge on any atom is -0.481 e. The number of carboxylic acids is 1. The number of ether oxygens (including phenoxy) is 1. The number of fused-ring (bicyclic) bond motifs is 1. The summed E-state index contributed by atoms with van der Waals surface area (Å²) in [5, 5.41) is 8.86. The predicted octanol–water partition coefficient (Wildman–Crippen LogP) is 1.57. The van der Waals surface area contributed by atoms with E-state index in [0.717, 1.165) is 4.90 Å². The van der Waals surface area contributed by atoms with Crippen LogP contribution in [0.3, 0.4) is 0 Å². The fraction of sp³-hybridized carbons (Fsp3) is 0.818. The van der Waals surface area contributed by atoms with Crippen LogP contribution in [0, 0.1) is 11.8 Å². The molecular formula is C11H15F2NO4. The lowest BCUT2D eigenvalue weighted by Gasteiger charge is -2.26. The van der Waals surface area contributed by atoms with Gasteiger partial charge in [-0.05, 0) is 20.8 Å². The number of hydrogen-bond donors (Lipinski definition) is 1. The van der Waals surface area contributed by atoms with E-state index in [1.54, 1.807) is 20.8 Å². The van der Waals surface area contributed by atoms with Crippen LogP contribution in [0.4, 0.5) is 13.6 Å². The molecule has 102 valence electrons. The minimum absolute atomic E-state index is 0.213. The Balaban J connectivity index is 2.12. The molecule has 1 aliphatic heterocycles. The van der Waals surface area contributed by atoms with Crippen molar-refractivity contribution in [3.63, 3.8) is 0 Å². The van der Waals surface area contributed by atoms with Crippen molar-refractivity contribution in [3.8, 4) is 0 Å². The number of aliphatic carboxylic acids is 1. The maximum absolute atomic E-state index is 13.4. The van der Waals surface area contributed by atoms with Gasteiger partial charge in [-0.1, -0.05) is 0 Å². The standard InChI is InChI=1S/C11H15F2NO4/c1-10(2,3)18-9(17)14-4-5(8(15)16)6-7(14)11(6,12)13/h5-7H,4H2,1-3H3,(H,15,16). The zero-order chi connectivity index (χ0) is 13.9. The van der Waals surface area contributed by atoms with E-state index >= 15 is 0 Å². The molecule has 0 radical (unpaired) electrons. The third kappa shape index (κ3) is 1.91. The molecule has 0 aromatic heterocycles. The number of rotatable bonds is 1. The molecule has 1 N–H and O–H groups in total. The van der Waals surface area contributed by atoms with Crippen LogP contribution in [0.1, 0.15) is 20.8 Å². The van der Waals surface area contributed by atoms with Gasteiger partial charge >= 0.3 is 12.1 Å². The van der Waals surface area contributed by atoms with Crippen molar-refractivity contribution in [2.75, 3.05) is 6.54 Å². The Kier molecular flexibility index (Phi) is 2.57. The highest BCUT2D eigenvalue weighted by Crippen LogP contribution is 2.60. The van der Waals surface area contributed by atoms with Crippen molar-refractivity contribution in [3.05, 3.63) is 0 Å². The van der Waals surface area contributed by atoms with Gasteiger partial charge in [-0.15, -0.1) is 0 Å². The van der Waals surface area contributed by atoms with E-state index in [2.05, 4.69) is 0 Å². The number of nitrogens with zero attached hydrogens (tertiary/aromatic N) is 1. The molecule has 0 spiro atoms. The topological polar surface area (TPSA) is 66.8 Å². The molecule has 3 atom stereocenters. The third-order valence-corrected chi connectivity index (χ3v) is 3.18. The molecule has 2 fully saturated rings. The van der Waals surface area contributed by atoms with Crippen molar-refractivity contribution in [2.24, 2.45) is 11.8 Å². The van der Waals surface area contributed by atoms with Crippen LogP contribution in [0.15, 0.2) is 0 Å². The number of halogens is 2. The Morgan fingerprint density at radius 2 is 1.94 bits per heavy atom. The average Bonchev–Trinajstić information content (AvgIpc) is 2.58. The zero-order valence-electron chi connectivity index (χ0n) is 10.3. The van der Waals surface area contributed by atoms with Gasteiger partial charge in [0, 0.05) is 6.54 Å². The molecule has 3 unspecified atom stereocenters. The second-order valence-electron chi connectivity index (χ2n) is 5.72. The highest BCUT2D eigenvalue weighted by Gasteiger charge is 2.79. The molecule has 2 rings (SSSR count). The Morgan fingerprint density at radius 3 is 2.33 bits per heavy atom. The van der Waals surface area contributed by atoms with Crippen molar-refractivity contribution in [1.29, 1.82) is 0 Å². The Morgan fingerprint density at radius 1 is 1.39 bits per heavy atom. The van der Waals surface area contributed by atoms with Gasteiger partial charge in [-0.3, -0.25) is 9.69 Å². The Bertz CT molecular complexity index is 404. The van der Waals surface area contributed by atoms with E-state index in [-0.39, 0.29) is 6.54 Å². The van der Waals surface area contributed by atoms with E-state index in [0.29, 0.717) is 0 Å². The average molecular weight is 263 g/mol. The smallest absolute Gasteiger partial charge is 0.410 e. The quantitative estimate of drug-likeness (QED) is 0.779. The number of piperidine rings is 1. The summed E-state index contributed by atoms with van der Waals surface area (Å²) >= 11 is 0. The number of carbonyl (C=O) groups is 2. The first-order valence-electron chi connectivity index (χ1n) is 5.66. The SMILES string of the molecule is CC(C)(C)OC(=O)N1CC(C(=O)O)C2C1C2(F)F. The highest BCUT2D eigenvalue weighted by atomic mass is 19.3. The lowest BCUT2D eigenvalue weighted by Crippen LogP contribution is -2.41. The van der Waals surface area contributed by atoms with Gasteiger partial charge in [0.05, 0.1) is 11.8 Å². The van der Waals surface area contributed by atoms with E-state index in [9.17, 15) is 18.4 Å². The van der Waals surface area contributed by atoms with Crippen LogP contribution < -0.4 is 0 Å². The van der Waals surface area contributed by atoms with E-state index in [1.807, 2.05) is 0 Å². The minimum atomic E-state index is -3.11. The van der Waals surface area contributed by atoms with Crippen LogP contribution >= 0.6 is 0 Å². The van der Waals surface area contributed by atoms with Gasteiger partial charge in [-0.2, -0.15) is 0 Å². The lowest BCUT2D eigenvalue weighted by molar-refractivity contribution is -0.143. The van der Waals surface area contributed by atoms with Crippen LogP contribution in [-0.4, -0.2) is 46.2 Å². The van der Waals surface area contributed by atoms with Crippen molar-refractivity contribution in [2.45, 2.75) is 38.3 Å². The Labute approximate surface area is 103 Å². The fourth-order valence-electron chi connectivity index (χ4n) is 2.40. The summed E-state index contributed by atoms with van der Waals surface area (Å²) in [4.78, 5) is 23.4. The number of amides is 1. The summed E-state index contributed by atoms with van der Waals surface area (Å²) in [6.07, 6.45) is -0.876. The third-order valence-electron chi connectivity index (χ3n) is 3.18. The van der Waals surface area contributed by atoms with Crippen LogP contribution in [-0.2, 0) is 9.53 Å². The molecule has 1 heterocycles. The molecule has 1 aliphatic carbocycles. The molecule has 2 aliphatic rings. The van der Waals surface area contributed by atoms with Gasteiger partial charge in [0.25, 0.3) is 5.92 Å². The van der Waals surface area contributed by atoms with Gasteiger partial charge in [0.1, 0.15) is 11.6 Å². The van der Waals surface area contributed by atoms with Gasteiger partial charge in [0.2, 0.25) is 0 Å². The number of hydrogen-bond acceptors (Lipinski definition) is 3. The predicted molar refractivity (Wildman–Crippen MR) is 56.3 cm³/mol. The van der Waals surface area contributed by atoms with Crippen LogP contribution in [0.5, 0.6) is 0 Å². The fourth-order valence-corrected chi connectivity index (χ4v) is 2.40. The highest BCUT2D eigenvalue weighted by molar-refractivity contribution is 5.77. The number of alkyl halides is 2. The molecule has 1 saturated heterocycles. The monoisotopic (exact) mass is 263 g/mol. The number of likely N-dealkylation sites (tertiary alicyclic amines) is 1. The van der Waals surface area contributed by atoms with Gasteiger partial charge in [-0.25, -0.2) is 13.6 Å². The summed E-state index contributed by atoms with van der Waals surface area (Å²) < 4.78 is 31.8. The molecule has 18 heavy (non-hydrogen) atoms. The van der Waals surface area contributed by atoms with Crippen LogP contribution in [0.25, 0.3) is 0 Å². The first kappa shape index (κ1) is 13.0. The summed E-state index contributed by atoms with van der Waals surface area (Å²) in [6.45, 7) is 4.66. The molecule has 0 aromatic rings. The second-order valence-corrected chi connectivity index (χ2v) is 5.72. The van der Waals surface area contributed by atoms with Crippen LogP contribution in [0.2, 0.25) is 0 Å². The first-order chi connectivity index (χ1) is 8.05. The van der Waals surface area contributed by atoms with E-state index < -0.39 is 41.5 Å². The second kappa shape index (κ2) is 3.55. The number of carboxylic acid groups (broad SMARTS) is 1. The van der Waals surface area contributed by atoms with E-state index in [4.69, 9.17) is 9.84 Å². The van der Waals surface area contributed by atoms with Gasteiger partial charge in [0.15, 0.2) is 0 Å². The summed E-state index contributed by atoms with van der Waals surface area (Å²) in [6, 6.07) is -1.33. The van der Waals surface area contributed by atoms with Crippen molar-refractivity contribution in [1.82, 2.24) is 4.90 Å². The summed E-state index contributed by atoms with van der Waals surface area (Å²) in [5.41, 5.74) is -0.794. The molecular weight excluding hydrogens is 248 g/mol. The van der Waals surface area contributed by atoms with Gasteiger partial charge < -0.3 is 9.84 Å².